The van der Waals surface area contributed by atoms with Gasteiger partial charge >= 0.3 is 11.9 Å². The Labute approximate surface area is 151 Å². The third-order valence-corrected chi connectivity index (χ3v) is 3.24. The minimum absolute atomic E-state index is 0.0945. The maximum absolute atomic E-state index is 11.9. The number of ether oxygens (including phenoxy) is 2. The van der Waals surface area contributed by atoms with E-state index in [1.807, 2.05) is 0 Å². The summed E-state index contributed by atoms with van der Waals surface area (Å²) in [6.45, 7) is 0. The summed E-state index contributed by atoms with van der Waals surface area (Å²) >= 11 is 15.3. The molecule has 1 aromatic carbocycles. The molecule has 0 saturated carbocycles. The van der Waals surface area contributed by atoms with Gasteiger partial charge < -0.3 is 9.47 Å². The van der Waals surface area contributed by atoms with E-state index < -0.39 is 19.8 Å². The van der Waals surface area contributed by atoms with E-state index in [-0.39, 0.29) is 11.1 Å². The van der Waals surface area contributed by atoms with E-state index in [0.717, 1.165) is 0 Å². The van der Waals surface area contributed by atoms with E-state index in [2.05, 4.69) is 79.6 Å². The molecule has 0 spiro atoms. The van der Waals surface area contributed by atoms with Crippen molar-refractivity contribution < 1.29 is 19.1 Å². The summed E-state index contributed by atoms with van der Waals surface area (Å²) in [5.41, 5.74) is 0.195. The summed E-state index contributed by atoms with van der Waals surface area (Å²) in [6, 6.07) is 4.73. The molecule has 0 heterocycles. The van der Waals surface area contributed by atoms with Crippen molar-refractivity contribution in [3.8, 4) is 0 Å². The Morgan fingerprint density at radius 2 is 1.47 bits per heavy atom. The SMILES string of the molecule is O=C(OC(Br)Br)c1cccc(Br)c1C(=O)OC(Br)Br. The summed E-state index contributed by atoms with van der Waals surface area (Å²) in [6.07, 6.45) is 0. The van der Waals surface area contributed by atoms with Crippen molar-refractivity contribution in [3.05, 3.63) is 33.8 Å². The average Bonchev–Trinajstić information content (AvgIpc) is 2.26. The van der Waals surface area contributed by atoms with Crippen molar-refractivity contribution in [2.45, 2.75) is 7.85 Å². The first-order valence-electron chi connectivity index (χ1n) is 4.59. The molecule has 0 N–H and O–H groups in total. The summed E-state index contributed by atoms with van der Waals surface area (Å²) in [5.74, 6) is -1.33. The van der Waals surface area contributed by atoms with Crippen LogP contribution in [0.15, 0.2) is 22.7 Å². The third kappa shape index (κ3) is 5.45. The van der Waals surface area contributed by atoms with E-state index in [1.165, 1.54) is 6.07 Å². The Bertz CT molecular complexity index is 489. The molecule has 0 aliphatic rings. The molecular weight excluding hydrogens is 584 g/mol. The van der Waals surface area contributed by atoms with Gasteiger partial charge in [0.1, 0.15) is 0 Å². The minimum atomic E-state index is -0.668. The van der Waals surface area contributed by atoms with Crippen molar-refractivity contribution in [2.24, 2.45) is 0 Å². The Morgan fingerprint density at radius 3 is 2.00 bits per heavy atom. The number of esters is 2. The largest absolute Gasteiger partial charge is 0.436 e. The number of benzene rings is 1. The molecule has 0 saturated heterocycles. The maximum Gasteiger partial charge on any atom is 0.342 e. The van der Waals surface area contributed by atoms with Crippen molar-refractivity contribution in [1.82, 2.24) is 0 Å². The van der Waals surface area contributed by atoms with Gasteiger partial charge in [-0.2, -0.15) is 0 Å². The van der Waals surface area contributed by atoms with Gasteiger partial charge in [0.25, 0.3) is 0 Å². The van der Waals surface area contributed by atoms with Gasteiger partial charge in [-0.1, -0.05) is 6.07 Å². The first-order chi connectivity index (χ1) is 8.82. The van der Waals surface area contributed by atoms with Crippen LogP contribution in [-0.4, -0.2) is 19.8 Å². The van der Waals surface area contributed by atoms with Gasteiger partial charge in [0.05, 0.1) is 11.1 Å². The Hall–Kier alpha value is 0.560. The van der Waals surface area contributed by atoms with Gasteiger partial charge in [0.2, 0.25) is 7.85 Å². The quantitative estimate of drug-likeness (QED) is 0.371. The normalized spacial score (nSPS) is 10.7. The zero-order valence-corrected chi connectivity index (χ0v) is 16.8. The fourth-order valence-corrected chi connectivity index (χ4v) is 2.39. The maximum atomic E-state index is 11.9. The van der Waals surface area contributed by atoms with Crippen molar-refractivity contribution >= 4 is 91.6 Å². The third-order valence-electron chi connectivity index (χ3n) is 1.83. The van der Waals surface area contributed by atoms with Crippen LogP contribution in [0.3, 0.4) is 0 Å². The van der Waals surface area contributed by atoms with Crippen molar-refractivity contribution in [3.63, 3.8) is 0 Å². The molecule has 1 rings (SSSR count). The number of carbonyl (C=O) groups is 2. The summed E-state index contributed by atoms with van der Waals surface area (Å²) in [5, 5.41) is 0. The molecule has 0 aliphatic carbocycles. The predicted molar refractivity (Wildman–Crippen MR) is 88.3 cm³/mol. The molecule has 0 aromatic heterocycles. The van der Waals surface area contributed by atoms with E-state index in [0.29, 0.717) is 4.47 Å². The zero-order chi connectivity index (χ0) is 14.6. The number of hydrogen-bond acceptors (Lipinski definition) is 4. The van der Waals surface area contributed by atoms with Crippen LogP contribution in [0.1, 0.15) is 20.7 Å². The number of rotatable bonds is 4. The lowest BCUT2D eigenvalue weighted by Crippen LogP contribution is -2.16. The second-order valence-electron chi connectivity index (χ2n) is 2.99. The summed E-state index contributed by atoms with van der Waals surface area (Å²) < 4.78 is 9.02. The van der Waals surface area contributed by atoms with E-state index in [4.69, 9.17) is 9.47 Å². The van der Waals surface area contributed by atoms with Crippen LogP contribution in [0.2, 0.25) is 0 Å². The highest BCUT2D eigenvalue weighted by Crippen LogP contribution is 2.25. The van der Waals surface area contributed by atoms with E-state index >= 15 is 0 Å². The monoisotopic (exact) mass is 584 g/mol. The van der Waals surface area contributed by atoms with E-state index in [9.17, 15) is 9.59 Å². The van der Waals surface area contributed by atoms with Crippen LogP contribution in [-0.2, 0) is 9.47 Å². The topological polar surface area (TPSA) is 52.6 Å². The molecule has 0 unspecified atom stereocenters. The van der Waals surface area contributed by atoms with Gasteiger partial charge in [-0.3, -0.25) is 0 Å². The van der Waals surface area contributed by atoms with Crippen LogP contribution < -0.4 is 0 Å². The summed E-state index contributed by atoms with van der Waals surface area (Å²) in [4.78, 5) is 23.8. The van der Waals surface area contributed by atoms with Crippen LogP contribution in [0.5, 0.6) is 0 Å². The molecule has 104 valence electrons. The molecule has 0 aliphatic heterocycles. The fourth-order valence-electron chi connectivity index (χ4n) is 1.19. The first-order valence-corrected chi connectivity index (χ1v) is 9.05. The molecule has 1 aromatic rings. The minimum Gasteiger partial charge on any atom is -0.436 e. The smallest absolute Gasteiger partial charge is 0.342 e. The van der Waals surface area contributed by atoms with Gasteiger partial charge in [-0.25, -0.2) is 9.59 Å². The number of carbonyl (C=O) groups excluding carboxylic acids is 2. The molecule has 0 atom stereocenters. The van der Waals surface area contributed by atoms with Crippen LogP contribution in [0.25, 0.3) is 0 Å². The Kier molecular flexibility index (Phi) is 7.52. The van der Waals surface area contributed by atoms with Gasteiger partial charge in [-0.05, 0) is 91.8 Å². The zero-order valence-electron chi connectivity index (χ0n) is 8.91. The standard InChI is InChI=1S/C10H5Br5O4/c11-5-3-1-2-4(7(16)18-9(12)13)6(5)8(17)19-10(14)15/h1-3,9-10H. The Balaban J connectivity index is 3.15. The molecule has 4 nitrogen and oxygen atoms in total. The second-order valence-corrected chi connectivity index (χ2v) is 9.63. The van der Waals surface area contributed by atoms with Gasteiger partial charge in [0.15, 0.2) is 0 Å². The summed E-state index contributed by atoms with van der Waals surface area (Å²) in [7, 11) is 0. The molecule has 0 amide bonds. The van der Waals surface area contributed by atoms with Gasteiger partial charge in [0, 0.05) is 4.47 Å². The first kappa shape index (κ1) is 17.6. The molecule has 0 radical (unpaired) electrons. The average molecular weight is 589 g/mol. The molecule has 19 heavy (non-hydrogen) atoms. The van der Waals surface area contributed by atoms with Crippen LogP contribution in [0, 0.1) is 0 Å². The fraction of sp³-hybridized carbons (Fsp3) is 0.200. The lowest BCUT2D eigenvalue weighted by atomic mass is 10.1. The second kappa shape index (κ2) is 8.11. The highest BCUT2D eigenvalue weighted by Gasteiger charge is 2.24. The highest BCUT2D eigenvalue weighted by molar-refractivity contribution is 9.24. The molecule has 9 heteroatoms. The van der Waals surface area contributed by atoms with Gasteiger partial charge in [-0.15, -0.1) is 0 Å². The van der Waals surface area contributed by atoms with Crippen LogP contribution >= 0.6 is 79.6 Å². The van der Waals surface area contributed by atoms with Crippen molar-refractivity contribution in [2.75, 3.05) is 0 Å². The number of halogens is 5. The van der Waals surface area contributed by atoms with Crippen LogP contribution in [0.4, 0.5) is 0 Å². The highest BCUT2D eigenvalue weighted by atomic mass is 79.9. The lowest BCUT2D eigenvalue weighted by molar-refractivity contribution is 0.0513. The predicted octanol–water partition coefficient (Wildman–Crippen LogP) is 4.91. The van der Waals surface area contributed by atoms with E-state index in [1.54, 1.807) is 12.1 Å². The molecule has 0 fully saturated rings. The molecular formula is C10H5Br5O4. The van der Waals surface area contributed by atoms with Crippen molar-refractivity contribution in [1.29, 1.82) is 0 Å². The Morgan fingerprint density at radius 1 is 0.947 bits per heavy atom. The molecule has 0 bridgehead atoms. The lowest BCUT2D eigenvalue weighted by Gasteiger charge is -2.12. The number of hydrogen-bond donors (Lipinski definition) is 0. The number of alkyl halides is 4.